The Hall–Kier alpha value is -1.66. The number of rotatable bonds is 3. The number of urea groups is 1. The zero-order valence-electron chi connectivity index (χ0n) is 9.16. The summed E-state index contributed by atoms with van der Waals surface area (Å²) >= 11 is 0. The Bertz CT molecular complexity index is 404. The number of halogens is 1. The molecule has 1 aliphatic heterocycles. The molecule has 0 radical (unpaired) electrons. The van der Waals surface area contributed by atoms with Crippen LogP contribution in [0.2, 0.25) is 0 Å². The quantitative estimate of drug-likeness (QED) is 0.612. The van der Waals surface area contributed by atoms with Crippen LogP contribution in [-0.2, 0) is 0 Å². The summed E-state index contributed by atoms with van der Waals surface area (Å²) in [7, 11) is 0. The average Bonchev–Trinajstić information content (AvgIpc) is 2.27. The summed E-state index contributed by atoms with van der Waals surface area (Å²) in [4.78, 5) is 11.4. The summed E-state index contributed by atoms with van der Waals surface area (Å²) in [5, 5.41) is 17.7. The first-order chi connectivity index (χ1) is 8.07. The predicted octanol–water partition coefficient (Wildman–Crippen LogP) is 0.281. The molecule has 4 N–H and O–H groups in total. The van der Waals surface area contributed by atoms with E-state index in [1.807, 2.05) is 0 Å². The van der Waals surface area contributed by atoms with Gasteiger partial charge in [0.1, 0.15) is 11.4 Å². The van der Waals surface area contributed by atoms with Gasteiger partial charge < -0.3 is 21.1 Å². The van der Waals surface area contributed by atoms with Crippen LogP contribution >= 0.6 is 0 Å². The van der Waals surface area contributed by atoms with Crippen LogP contribution in [0.4, 0.5) is 14.9 Å². The monoisotopic (exact) mass is 239 g/mol. The molecule has 1 aromatic carbocycles. The topological polar surface area (TPSA) is 73.4 Å². The molecule has 0 spiro atoms. The lowest BCUT2D eigenvalue weighted by atomic mass is 9.98. The Morgan fingerprint density at radius 2 is 2.06 bits per heavy atom. The van der Waals surface area contributed by atoms with Crippen molar-refractivity contribution in [2.45, 2.75) is 5.60 Å². The van der Waals surface area contributed by atoms with Crippen LogP contribution in [-0.4, -0.2) is 36.4 Å². The normalized spacial score (nSPS) is 17.1. The van der Waals surface area contributed by atoms with Gasteiger partial charge in [-0.1, -0.05) is 0 Å². The van der Waals surface area contributed by atoms with Gasteiger partial charge in [0.05, 0.1) is 6.54 Å². The van der Waals surface area contributed by atoms with Gasteiger partial charge in [0.15, 0.2) is 0 Å². The largest absolute Gasteiger partial charge is 0.385 e. The minimum Gasteiger partial charge on any atom is -0.385 e. The first-order valence-electron chi connectivity index (χ1n) is 5.31. The lowest BCUT2D eigenvalue weighted by Crippen LogP contribution is -2.64. The number of carbonyl (C=O) groups excluding carboxylic acids is 1. The van der Waals surface area contributed by atoms with E-state index in [0.717, 1.165) is 0 Å². The third-order valence-electron chi connectivity index (χ3n) is 2.59. The lowest BCUT2D eigenvalue weighted by molar-refractivity contribution is -0.00575. The van der Waals surface area contributed by atoms with Gasteiger partial charge in [-0.2, -0.15) is 0 Å². The Morgan fingerprint density at radius 1 is 1.41 bits per heavy atom. The zero-order chi connectivity index (χ0) is 12.3. The molecule has 1 aromatic rings. The van der Waals surface area contributed by atoms with Crippen LogP contribution in [0, 0.1) is 5.82 Å². The number of nitrogens with one attached hydrogen (secondary N) is 3. The molecule has 0 bridgehead atoms. The maximum Gasteiger partial charge on any atom is 0.319 e. The SMILES string of the molecule is O=C(NCC1(O)CNC1)Nc1ccc(F)cc1. The minimum atomic E-state index is -0.847. The van der Waals surface area contributed by atoms with E-state index in [2.05, 4.69) is 16.0 Å². The van der Waals surface area contributed by atoms with Crippen molar-refractivity contribution in [1.82, 2.24) is 10.6 Å². The number of hydrogen-bond acceptors (Lipinski definition) is 3. The molecule has 2 amide bonds. The van der Waals surface area contributed by atoms with E-state index in [0.29, 0.717) is 18.8 Å². The number of hydrogen-bond donors (Lipinski definition) is 4. The van der Waals surface area contributed by atoms with E-state index >= 15 is 0 Å². The summed E-state index contributed by atoms with van der Waals surface area (Å²) in [5.74, 6) is -0.356. The van der Waals surface area contributed by atoms with E-state index in [4.69, 9.17) is 0 Å². The second kappa shape index (κ2) is 4.68. The van der Waals surface area contributed by atoms with Gasteiger partial charge in [-0.25, -0.2) is 9.18 Å². The molecule has 0 aromatic heterocycles. The van der Waals surface area contributed by atoms with E-state index in [9.17, 15) is 14.3 Å². The van der Waals surface area contributed by atoms with E-state index in [-0.39, 0.29) is 12.4 Å². The van der Waals surface area contributed by atoms with Crippen LogP contribution in [0.3, 0.4) is 0 Å². The summed E-state index contributed by atoms with van der Waals surface area (Å²) < 4.78 is 12.6. The molecule has 17 heavy (non-hydrogen) atoms. The molecule has 0 atom stereocenters. The van der Waals surface area contributed by atoms with Crippen molar-refractivity contribution in [3.8, 4) is 0 Å². The Morgan fingerprint density at radius 3 is 2.59 bits per heavy atom. The van der Waals surface area contributed by atoms with Crippen molar-refractivity contribution >= 4 is 11.7 Å². The number of anilines is 1. The average molecular weight is 239 g/mol. The van der Waals surface area contributed by atoms with Crippen LogP contribution in [0.15, 0.2) is 24.3 Å². The van der Waals surface area contributed by atoms with Crippen molar-refractivity contribution in [2.75, 3.05) is 25.0 Å². The van der Waals surface area contributed by atoms with Gasteiger partial charge in [0.2, 0.25) is 0 Å². The third kappa shape index (κ3) is 3.15. The van der Waals surface area contributed by atoms with Gasteiger partial charge in [-0.05, 0) is 24.3 Å². The van der Waals surface area contributed by atoms with Gasteiger partial charge in [0, 0.05) is 18.8 Å². The second-order valence-corrected chi connectivity index (χ2v) is 4.14. The number of carbonyl (C=O) groups is 1. The van der Waals surface area contributed by atoms with E-state index in [1.165, 1.54) is 24.3 Å². The fraction of sp³-hybridized carbons (Fsp3) is 0.364. The van der Waals surface area contributed by atoms with Gasteiger partial charge in [0.25, 0.3) is 0 Å². The summed E-state index contributed by atoms with van der Waals surface area (Å²) in [6, 6.07) is 5.04. The zero-order valence-corrected chi connectivity index (χ0v) is 9.16. The second-order valence-electron chi connectivity index (χ2n) is 4.14. The lowest BCUT2D eigenvalue weighted by Gasteiger charge is -2.37. The smallest absolute Gasteiger partial charge is 0.319 e. The summed E-state index contributed by atoms with van der Waals surface area (Å²) in [5.41, 5.74) is -0.345. The molecule has 0 unspecified atom stereocenters. The number of amides is 2. The molecule has 6 heteroatoms. The highest BCUT2D eigenvalue weighted by molar-refractivity contribution is 5.89. The number of β-amino-alcohol motifs (C(OH)–C–C–N with tert-alkyl or cyclic N) is 1. The molecule has 0 saturated carbocycles. The highest BCUT2D eigenvalue weighted by atomic mass is 19.1. The molecule has 0 aliphatic carbocycles. The molecule has 2 rings (SSSR count). The molecule has 1 fully saturated rings. The highest BCUT2D eigenvalue weighted by Gasteiger charge is 2.34. The van der Waals surface area contributed by atoms with Crippen molar-refractivity contribution in [3.05, 3.63) is 30.1 Å². The van der Waals surface area contributed by atoms with E-state index in [1.54, 1.807) is 0 Å². The van der Waals surface area contributed by atoms with Gasteiger partial charge >= 0.3 is 6.03 Å². The van der Waals surface area contributed by atoms with Gasteiger partial charge in [-0.3, -0.25) is 0 Å². The Labute approximate surface area is 98.0 Å². The van der Waals surface area contributed by atoms with E-state index < -0.39 is 11.6 Å². The molecular formula is C11H14FN3O2. The predicted molar refractivity (Wildman–Crippen MR) is 61.2 cm³/mol. The third-order valence-corrected chi connectivity index (χ3v) is 2.59. The molecule has 1 aliphatic rings. The maximum atomic E-state index is 12.6. The molecule has 5 nitrogen and oxygen atoms in total. The van der Waals surface area contributed by atoms with Crippen molar-refractivity contribution in [2.24, 2.45) is 0 Å². The summed E-state index contributed by atoms with van der Waals surface area (Å²) in [6.07, 6.45) is 0. The maximum absolute atomic E-state index is 12.6. The molecule has 1 heterocycles. The Kier molecular flexibility index (Phi) is 3.26. The Balaban J connectivity index is 1.79. The number of aliphatic hydroxyl groups is 1. The highest BCUT2D eigenvalue weighted by Crippen LogP contribution is 2.09. The minimum absolute atomic E-state index is 0.188. The number of benzene rings is 1. The van der Waals surface area contributed by atoms with Crippen molar-refractivity contribution in [1.29, 1.82) is 0 Å². The van der Waals surface area contributed by atoms with Gasteiger partial charge in [-0.15, -0.1) is 0 Å². The summed E-state index contributed by atoms with van der Waals surface area (Å²) in [6.45, 7) is 1.14. The van der Waals surface area contributed by atoms with Crippen LogP contribution in [0.1, 0.15) is 0 Å². The first-order valence-corrected chi connectivity index (χ1v) is 5.31. The van der Waals surface area contributed by atoms with Crippen molar-refractivity contribution < 1.29 is 14.3 Å². The fourth-order valence-electron chi connectivity index (χ4n) is 1.49. The van der Waals surface area contributed by atoms with Crippen LogP contribution in [0.5, 0.6) is 0 Å². The van der Waals surface area contributed by atoms with Crippen molar-refractivity contribution in [3.63, 3.8) is 0 Å². The van der Waals surface area contributed by atoms with Crippen LogP contribution in [0.25, 0.3) is 0 Å². The standard InChI is InChI=1S/C11H14FN3O2/c12-8-1-3-9(4-2-8)15-10(16)14-7-11(17)5-13-6-11/h1-4,13,17H,5-7H2,(H2,14,15,16). The molecular weight excluding hydrogens is 225 g/mol. The fourth-order valence-corrected chi connectivity index (χ4v) is 1.49. The van der Waals surface area contributed by atoms with Crippen LogP contribution < -0.4 is 16.0 Å². The molecule has 1 saturated heterocycles. The first kappa shape index (κ1) is 11.8. The molecule has 92 valence electrons.